The molecule has 1 heterocycles. The number of hydrogen-bond donors (Lipinski definition) is 0. The van der Waals surface area contributed by atoms with Crippen LogP contribution in [0.15, 0.2) is 0 Å². The standard InChI is InChI=1S/C15H29NO/c1-3-11-16-12-9-15(10-13-16)7-5-14(6-8-15)17-4-2/h14H,3-13H2,1-2H3. The number of nitrogens with zero attached hydrogens (tertiary/aromatic N) is 1. The minimum absolute atomic E-state index is 0.569. The van der Waals surface area contributed by atoms with Gasteiger partial charge in [0.1, 0.15) is 0 Å². The Morgan fingerprint density at radius 2 is 1.71 bits per heavy atom. The molecule has 2 rings (SSSR count). The topological polar surface area (TPSA) is 12.5 Å². The van der Waals surface area contributed by atoms with Crippen molar-refractivity contribution in [3.63, 3.8) is 0 Å². The number of likely N-dealkylation sites (tertiary alicyclic amines) is 1. The first kappa shape index (κ1) is 13.4. The van der Waals surface area contributed by atoms with Crippen LogP contribution in [0.4, 0.5) is 0 Å². The molecule has 0 N–H and O–H groups in total. The van der Waals surface area contributed by atoms with Crippen molar-refractivity contribution in [2.45, 2.75) is 64.9 Å². The summed E-state index contributed by atoms with van der Waals surface area (Å²) < 4.78 is 5.77. The molecule has 0 aromatic rings. The summed E-state index contributed by atoms with van der Waals surface area (Å²) in [5, 5.41) is 0. The summed E-state index contributed by atoms with van der Waals surface area (Å²) in [5.74, 6) is 0. The monoisotopic (exact) mass is 239 g/mol. The van der Waals surface area contributed by atoms with Crippen LogP contribution < -0.4 is 0 Å². The van der Waals surface area contributed by atoms with Gasteiger partial charge < -0.3 is 9.64 Å². The van der Waals surface area contributed by atoms with Crippen molar-refractivity contribution >= 4 is 0 Å². The van der Waals surface area contributed by atoms with E-state index in [-0.39, 0.29) is 0 Å². The van der Waals surface area contributed by atoms with Gasteiger partial charge in [0.15, 0.2) is 0 Å². The summed E-state index contributed by atoms with van der Waals surface area (Å²) in [6.07, 6.45) is 10.2. The Kier molecular flexibility index (Phi) is 4.87. The third-order valence-electron chi connectivity index (χ3n) is 4.85. The van der Waals surface area contributed by atoms with Crippen molar-refractivity contribution in [2.24, 2.45) is 5.41 Å². The number of rotatable bonds is 4. The lowest BCUT2D eigenvalue weighted by Crippen LogP contribution is -2.43. The van der Waals surface area contributed by atoms with Gasteiger partial charge in [-0.15, -0.1) is 0 Å². The molecule has 2 heteroatoms. The molecule has 100 valence electrons. The van der Waals surface area contributed by atoms with Crippen molar-refractivity contribution in [2.75, 3.05) is 26.2 Å². The number of piperidine rings is 1. The van der Waals surface area contributed by atoms with Crippen molar-refractivity contribution in [3.05, 3.63) is 0 Å². The Morgan fingerprint density at radius 1 is 1.06 bits per heavy atom. The smallest absolute Gasteiger partial charge is 0.0575 e. The van der Waals surface area contributed by atoms with Gasteiger partial charge in [0.25, 0.3) is 0 Å². The van der Waals surface area contributed by atoms with Gasteiger partial charge in [0.05, 0.1) is 6.10 Å². The van der Waals surface area contributed by atoms with Gasteiger partial charge >= 0.3 is 0 Å². The van der Waals surface area contributed by atoms with Crippen LogP contribution in [0.25, 0.3) is 0 Å². The van der Waals surface area contributed by atoms with Crippen LogP contribution >= 0.6 is 0 Å². The van der Waals surface area contributed by atoms with Gasteiger partial charge in [-0.3, -0.25) is 0 Å². The molecule has 1 aliphatic heterocycles. The quantitative estimate of drug-likeness (QED) is 0.745. The van der Waals surface area contributed by atoms with Gasteiger partial charge in [-0.2, -0.15) is 0 Å². The highest BCUT2D eigenvalue weighted by Gasteiger charge is 2.37. The zero-order valence-corrected chi connectivity index (χ0v) is 11.7. The zero-order chi connectivity index (χ0) is 12.1. The van der Waals surface area contributed by atoms with Crippen LogP contribution in [0.5, 0.6) is 0 Å². The summed E-state index contributed by atoms with van der Waals surface area (Å²) in [6.45, 7) is 9.28. The lowest BCUT2D eigenvalue weighted by atomic mass is 9.67. The van der Waals surface area contributed by atoms with E-state index in [2.05, 4.69) is 18.7 Å². The Morgan fingerprint density at radius 3 is 2.24 bits per heavy atom. The molecular weight excluding hydrogens is 210 g/mol. The molecule has 0 unspecified atom stereocenters. The lowest BCUT2D eigenvalue weighted by molar-refractivity contribution is -0.0190. The molecule has 2 nitrogen and oxygen atoms in total. The fraction of sp³-hybridized carbons (Fsp3) is 1.00. The molecule has 0 atom stereocenters. The fourth-order valence-electron chi connectivity index (χ4n) is 3.67. The van der Waals surface area contributed by atoms with E-state index in [4.69, 9.17) is 4.74 Å². The van der Waals surface area contributed by atoms with Crippen LogP contribution in [-0.2, 0) is 4.74 Å². The predicted molar refractivity (Wildman–Crippen MR) is 72.3 cm³/mol. The summed E-state index contributed by atoms with van der Waals surface area (Å²) in [6, 6.07) is 0. The van der Waals surface area contributed by atoms with E-state index in [1.165, 1.54) is 64.6 Å². The molecule has 0 amide bonds. The maximum atomic E-state index is 5.77. The molecular formula is C15H29NO. The molecule has 17 heavy (non-hydrogen) atoms. The van der Waals surface area contributed by atoms with Crippen LogP contribution in [0.2, 0.25) is 0 Å². The first-order valence-corrected chi connectivity index (χ1v) is 7.62. The summed E-state index contributed by atoms with van der Waals surface area (Å²) in [5.41, 5.74) is 0.692. The van der Waals surface area contributed by atoms with Crippen molar-refractivity contribution < 1.29 is 4.74 Å². The van der Waals surface area contributed by atoms with E-state index in [0.29, 0.717) is 11.5 Å². The van der Waals surface area contributed by atoms with Gasteiger partial charge in [0, 0.05) is 6.61 Å². The molecule has 1 saturated carbocycles. The first-order valence-electron chi connectivity index (χ1n) is 7.62. The number of hydrogen-bond acceptors (Lipinski definition) is 2. The van der Waals surface area contributed by atoms with Crippen molar-refractivity contribution in [3.8, 4) is 0 Å². The second kappa shape index (κ2) is 6.19. The maximum absolute atomic E-state index is 5.77. The van der Waals surface area contributed by atoms with E-state index in [9.17, 15) is 0 Å². The van der Waals surface area contributed by atoms with Gasteiger partial charge in [-0.25, -0.2) is 0 Å². The van der Waals surface area contributed by atoms with Crippen LogP contribution in [0, 0.1) is 5.41 Å². The Labute approximate surface area is 107 Å². The minimum atomic E-state index is 0.569. The van der Waals surface area contributed by atoms with Crippen LogP contribution in [0.1, 0.15) is 58.8 Å². The molecule has 1 aliphatic carbocycles. The van der Waals surface area contributed by atoms with Crippen LogP contribution in [-0.4, -0.2) is 37.2 Å². The van der Waals surface area contributed by atoms with E-state index >= 15 is 0 Å². The Bertz CT molecular complexity index is 185. The Hall–Kier alpha value is -0.0800. The highest BCUT2D eigenvalue weighted by Crippen LogP contribution is 2.45. The van der Waals surface area contributed by atoms with E-state index in [1.54, 1.807) is 0 Å². The van der Waals surface area contributed by atoms with Crippen molar-refractivity contribution in [1.82, 2.24) is 4.90 Å². The van der Waals surface area contributed by atoms with Gasteiger partial charge in [-0.05, 0) is 76.9 Å². The fourth-order valence-corrected chi connectivity index (χ4v) is 3.67. The van der Waals surface area contributed by atoms with E-state index < -0.39 is 0 Å². The molecule has 1 spiro atoms. The second-order valence-electron chi connectivity index (χ2n) is 6.00. The van der Waals surface area contributed by atoms with E-state index in [0.717, 1.165) is 6.61 Å². The molecule has 0 bridgehead atoms. The molecule has 2 fully saturated rings. The lowest BCUT2D eigenvalue weighted by Gasteiger charge is -2.45. The third kappa shape index (κ3) is 3.45. The third-order valence-corrected chi connectivity index (χ3v) is 4.85. The summed E-state index contributed by atoms with van der Waals surface area (Å²) in [7, 11) is 0. The second-order valence-corrected chi connectivity index (χ2v) is 6.00. The van der Waals surface area contributed by atoms with E-state index in [1.807, 2.05) is 0 Å². The Balaban J connectivity index is 1.76. The summed E-state index contributed by atoms with van der Waals surface area (Å²) >= 11 is 0. The van der Waals surface area contributed by atoms with Crippen molar-refractivity contribution in [1.29, 1.82) is 0 Å². The number of ether oxygens (including phenoxy) is 1. The average molecular weight is 239 g/mol. The molecule has 1 saturated heterocycles. The largest absolute Gasteiger partial charge is 0.379 e. The predicted octanol–water partition coefficient (Wildman–Crippen LogP) is 3.46. The SMILES string of the molecule is CCCN1CCC2(CCC(OCC)CC2)CC1. The maximum Gasteiger partial charge on any atom is 0.0575 e. The highest BCUT2D eigenvalue weighted by atomic mass is 16.5. The first-order chi connectivity index (χ1) is 8.28. The van der Waals surface area contributed by atoms with Gasteiger partial charge in [-0.1, -0.05) is 6.92 Å². The molecule has 2 aliphatic rings. The highest BCUT2D eigenvalue weighted by molar-refractivity contribution is 4.90. The van der Waals surface area contributed by atoms with Crippen LogP contribution in [0.3, 0.4) is 0 Å². The normalized spacial score (nSPS) is 26.5. The van der Waals surface area contributed by atoms with Gasteiger partial charge in [0.2, 0.25) is 0 Å². The summed E-state index contributed by atoms with van der Waals surface area (Å²) in [4.78, 5) is 2.65. The molecule has 0 radical (unpaired) electrons. The zero-order valence-electron chi connectivity index (χ0n) is 11.7. The molecule has 0 aromatic heterocycles. The molecule has 0 aromatic carbocycles. The minimum Gasteiger partial charge on any atom is -0.379 e. The average Bonchev–Trinajstić information content (AvgIpc) is 2.36.